The summed E-state index contributed by atoms with van der Waals surface area (Å²) in [5.74, 6) is 2.37. The fourth-order valence-electron chi connectivity index (χ4n) is 0.338. The first-order chi connectivity index (χ1) is 3.39. The van der Waals surface area contributed by atoms with Crippen molar-refractivity contribution < 1.29 is 4.39 Å². The largest absolute Gasteiger partial charge is 0.238 e. The predicted octanol–water partition coefficient (Wildman–Crippen LogP) is 1.08. The van der Waals surface area contributed by atoms with Crippen LogP contribution in [0.5, 0.6) is 0 Å². The van der Waals surface area contributed by atoms with Crippen LogP contribution in [0.25, 0.3) is 0 Å². The Morgan fingerprint density at radius 3 is 2.86 bits per heavy atom. The molecule has 0 N–H and O–H groups in total. The maximum Gasteiger partial charge on any atom is 0.147 e. The number of hydrogen-bond acceptors (Lipinski definition) is 1. The summed E-state index contributed by atoms with van der Waals surface area (Å²) in [4.78, 5) is 3.50. The van der Waals surface area contributed by atoms with Crippen molar-refractivity contribution in [3.63, 3.8) is 0 Å². The summed E-state index contributed by atoms with van der Waals surface area (Å²) in [6, 6.07) is 0. The molecular formula is C5H4FN. The van der Waals surface area contributed by atoms with Crippen LogP contribution in [0.1, 0.15) is 0 Å². The van der Waals surface area contributed by atoms with Gasteiger partial charge in [-0.15, -0.1) is 0 Å². The molecule has 1 rings (SSSR count). The van der Waals surface area contributed by atoms with E-state index in [1.165, 1.54) is 18.4 Å². The van der Waals surface area contributed by atoms with E-state index in [1.807, 2.05) is 0 Å². The molecule has 0 fully saturated rings. The molecule has 0 radical (unpaired) electrons. The Kier molecular flexibility index (Phi) is 1.05. The molecule has 0 aliphatic carbocycles. The van der Waals surface area contributed by atoms with E-state index in [0.29, 0.717) is 0 Å². The first kappa shape index (κ1) is 4.28. The lowest BCUT2D eigenvalue weighted by molar-refractivity contribution is 0.470. The summed E-state index contributed by atoms with van der Waals surface area (Å²) in [6.45, 7) is 0. The molecule has 7 heavy (non-hydrogen) atoms. The van der Waals surface area contributed by atoms with Gasteiger partial charge in [-0.1, -0.05) is 0 Å². The molecule has 36 valence electrons. The van der Waals surface area contributed by atoms with E-state index >= 15 is 0 Å². The Bertz CT molecular complexity index is 142. The van der Waals surface area contributed by atoms with Gasteiger partial charge in [0, 0.05) is 12.3 Å². The van der Waals surface area contributed by atoms with E-state index in [2.05, 4.69) is 10.9 Å². The van der Waals surface area contributed by atoms with Crippen LogP contribution >= 0.6 is 0 Å². The van der Waals surface area contributed by atoms with Crippen LogP contribution in [0.4, 0.5) is 4.39 Å². The van der Waals surface area contributed by atoms with Crippen molar-refractivity contribution in [1.82, 2.24) is 0 Å². The standard InChI is InChI=1S/C5H4FN/c6-5-1-3-7-4-2-5/h1-3,5H. The molecule has 0 saturated carbocycles. The van der Waals surface area contributed by atoms with Crippen LogP contribution in [-0.4, -0.2) is 12.0 Å². The van der Waals surface area contributed by atoms with Gasteiger partial charge < -0.3 is 0 Å². The van der Waals surface area contributed by atoms with Gasteiger partial charge in [-0.25, -0.2) is 9.38 Å². The monoisotopic (exact) mass is 97.0 g/mol. The highest BCUT2D eigenvalue weighted by Crippen LogP contribution is 1.95. The normalized spacial score (nSPS) is 26.1. The average molecular weight is 97.1 g/mol. The third-order valence-electron chi connectivity index (χ3n) is 0.653. The molecule has 1 aliphatic rings. The highest BCUT2D eigenvalue weighted by Gasteiger charge is 1.93. The summed E-state index contributed by atoms with van der Waals surface area (Å²) in [7, 11) is 0. The number of aliphatic imine (C=N–C) groups is 1. The third kappa shape index (κ3) is 0.983. The van der Waals surface area contributed by atoms with Crippen LogP contribution in [0.2, 0.25) is 0 Å². The minimum Gasteiger partial charge on any atom is -0.238 e. The fraction of sp³-hybridized carbons (Fsp3) is 0.200. The van der Waals surface area contributed by atoms with E-state index in [0.717, 1.165) is 0 Å². The highest BCUT2D eigenvalue weighted by atomic mass is 19.1. The lowest BCUT2D eigenvalue weighted by Crippen LogP contribution is -1.89. The van der Waals surface area contributed by atoms with Crippen LogP contribution < -0.4 is 0 Å². The molecule has 1 aliphatic heterocycles. The number of nitrogens with zero attached hydrogens (tertiary/aromatic N) is 1. The van der Waals surface area contributed by atoms with Gasteiger partial charge in [-0.2, -0.15) is 0 Å². The van der Waals surface area contributed by atoms with E-state index in [4.69, 9.17) is 0 Å². The number of hydrogen-bond donors (Lipinski definition) is 0. The second-order valence-electron chi connectivity index (χ2n) is 1.21. The summed E-state index contributed by atoms with van der Waals surface area (Å²) in [5, 5.41) is 0. The summed E-state index contributed by atoms with van der Waals surface area (Å²) in [6.07, 6.45) is 3.04. The predicted molar refractivity (Wildman–Crippen MR) is 26.0 cm³/mol. The number of rotatable bonds is 0. The van der Waals surface area contributed by atoms with Gasteiger partial charge in [0.05, 0.1) is 0 Å². The Hall–Kier alpha value is -0.880. The van der Waals surface area contributed by atoms with Gasteiger partial charge in [0.1, 0.15) is 6.17 Å². The van der Waals surface area contributed by atoms with E-state index in [-0.39, 0.29) is 0 Å². The van der Waals surface area contributed by atoms with Gasteiger partial charge >= 0.3 is 0 Å². The summed E-state index contributed by atoms with van der Waals surface area (Å²) in [5.41, 5.74) is 0. The van der Waals surface area contributed by atoms with Gasteiger partial charge in [0.15, 0.2) is 0 Å². The molecular weight excluding hydrogens is 93.1 g/mol. The maximum atomic E-state index is 11.9. The zero-order valence-corrected chi connectivity index (χ0v) is 3.63. The Morgan fingerprint density at radius 2 is 2.57 bits per heavy atom. The molecule has 0 saturated heterocycles. The molecule has 0 bridgehead atoms. The molecule has 0 aromatic carbocycles. The zero-order chi connectivity index (χ0) is 5.11. The molecule has 2 heteroatoms. The van der Waals surface area contributed by atoms with Crippen LogP contribution in [0.15, 0.2) is 23.3 Å². The number of alkyl halides is 1. The van der Waals surface area contributed by atoms with Crippen molar-refractivity contribution in [3.05, 3.63) is 18.4 Å². The molecule has 0 amide bonds. The number of halogens is 1. The molecule has 0 aromatic heterocycles. The van der Waals surface area contributed by atoms with Crippen molar-refractivity contribution in [2.45, 2.75) is 6.17 Å². The quantitative estimate of drug-likeness (QED) is 0.429. The fourth-order valence-corrected chi connectivity index (χ4v) is 0.338. The summed E-state index contributed by atoms with van der Waals surface area (Å²) >= 11 is 0. The van der Waals surface area contributed by atoms with Crippen LogP contribution in [0.3, 0.4) is 0 Å². The Balaban J connectivity index is 2.77. The minimum absolute atomic E-state index is 0.975. The molecule has 1 atom stereocenters. The first-order valence-corrected chi connectivity index (χ1v) is 1.99. The Morgan fingerprint density at radius 1 is 1.71 bits per heavy atom. The van der Waals surface area contributed by atoms with Crippen LogP contribution in [0, 0.1) is 0 Å². The molecule has 1 nitrogen and oxygen atoms in total. The lowest BCUT2D eigenvalue weighted by Gasteiger charge is -1.89. The minimum atomic E-state index is -0.975. The SMILES string of the molecule is FC1C=C=NC=C1. The highest BCUT2D eigenvalue weighted by molar-refractivity contribution is 5.55. The Labute approximate surface area is 40.9 Å². The van der Waals surface area contributed by atoms with Gasteiger partial charge in [-0.3, -0.25) is 0 Å². The van der Waals surface area contributed by atoms with E-state index in [1.54, 1.807) is 0 Å². The van der Waals surface area contributed by atoms with Gasteiger partial charge in [0.25, 0.3) is 0 Å². The smallest absolute Gasteiger partial charge is 0.147 e. The second-order valence-corrected chi connectivity index (χ2v) is 1.21. The van der Waals surface area contributed by atoms with Crippen molar-refractivity contribution in [2.24, 2.45) is 4.99 Å². The second kappa shape index (κ2) is 1.71. The van der Waals surface area contributed by atoms with Gasteiger partial charge in [0.2, 0.25) is 0 Å². The van der Waals surface area contributed by atoms with E-state index < -0.39 is 6.17 Å². The van der Waals surface area contributed by atoms with Crippen molar-refractivity contribution in [1.29, 1.82) is 0 Å². The molecule has 1 unspecified atom stereocenters. The average Bonchev–Trinajstić information content (AvgIpc) is 1.69. The van der Waals surface area contributed by atoms with Crippen molar-refractivity contribution >= 4 is 5.87 Å². The van der Waals surface area contributed by atoms with Gasteiger partial charge in [-0.05, 0) is 11.9 Å². The lowest BCUT2D eigenvalue weighted by atomic mass is 10.3. The molecule has 0 spiro atoms. The van der Waals surface area contributed by atoms with Crippen molar-refractivity contribution in [3.8, 4) is 0 Å². The molecule has 1 heterocycles. The zero-order valence-electron chi connectivity index (χ0n) is 3.63. The molecule has 0 aromatic rings. The third-order valence-corrected chi connectivity index (χ3v) is 0.653. The van der Waals surface area contributed by atoms with Crippen LogP contribution in [-0.2, 0) is 0 Å². The topological polar surface area (TPSA) is 12.4 Å². The first-order valence-electron chi connectivity index (χ1n) is 1.99. The van der Waals surface area contributed by atoms with E-state index in [9.17, 15) is 4.39 Å². The number of allylic oxidation sites excluding steroid dienone is 2. The maximum absolute atomic E-state index is 11.9. The summed E-state index contributed by atoms with van der Waals surface area (Å²) < 4.78 is 11.9. The van der Waals surface area contributed by atoms with Crippen molar-refractivity contribution in [2.75, 3.05) is 0 Å².